The maximum absolute atomic E-state index is 13.5. The van der Waals surface area contributed by atoms with Crippen molar-refractivity contribution in [3.05, 3.63) is 53.4 Å². The zero-order chi connectivity index (χ0) is 14.7. The molecule has 3 N–H and O–H groups in total. The largest absolute Gasteiger partial charge is 0.396 e. The first-order valence-electron chi connectivity index (χ1n) is 5.43. The van der Waals surface area contributed by atoms with Crippen LogP contribution in [-0.4, -0.2) is 10.9 Å². The van der Waals surface area contributed by atoms with Crippen LogP contribution in [0.4, 0.5) is 20.2 Å². The molecule has 2 rings (SSSR count). The molecule has 0 aliphatic rings. The third kappa shape index (κ3) is 2.70. The number of hydrogen-bond donors (Lipinski definition) is 2. The second kappa shape index (κ2) is 5.32. The number of nitriles is 1. The van der Waals surface area contributed by atoms with Crippen LogP contribution in [0.3, 0.4) is 0 Å². The molecule has 7 heteroatoms. The maximum atomic E-state index is 13.5. The van der Waals surface area contributed by atoms with Gasteiger partial charge in [-0.3, -0.25) is 4.79 Å². The molecule has 0 unspecified atom stereocenters. The van der Waals surface area contributed by atoms with E-state index in [0.717, 1.165) is 6.07 Å². The number of benzene rings is 1. The summed E-state index contributed by atoms with van der Waals surface area (Å²) in [5.41, 5.74) is 5.05. The van der Waals surface area contributed by atoms with Crippen molar-refractivity contribution in [1.82, 2.24) is 4.98 Å². The fourth-order valence-corrected chi connectivity index (χ4v) is 1.44. The highest BCUT2D eigenvalue weighted by atomic mass is 19.1. The fraction of sp³-hybridized carbons (Fsp3) is 0. The molecule has 5 nitrogen and oxygen atoms in total. The molecule has 20 heavy (non-hydrogen) atoms. The first kappa shape index (κ1) is 13.4. The molecule has 0 fully saturated rings. The first-order valence-corrected chi connectivity index (χ1v) is 5.43. The number of halogens is 2. The molecular formula is C13H8F2N4O. The zero-order valence-corrected chi connectivity index (χ0v) is 10.0. The summed E-state index contributed by atoms with van der Waals surface area (Å²) in [7, 11) is 0. The molecule has 1 aromatic carbocycles. The molecule has 100 valence electrons. The Bertz CT molecular complexity index is 708. The van der Waals surface area contributed by atoms with Gasteiger partial charge in [0, 0.05) is 12.3 Å². The normalized spacial score (nSPS) is 9.85. The number of pyridine rings is 1. The molecule has 0 radical (unpaired) electrons. The van der Waals surface area contributed by atoms with Gasteiger partial charge in [-0.2, -0.15) is 5.26 Å². The number of nitrogens with one attached hydrogen (secondary N) is 1. The third-order valence-electron chi connectivity index (χ3n) is 2.46. The number of aromatic nitrogens is 1. The molecule has 1 heterocycles. The predicted octanol–water partition coefficient (Wildman–Crippen LogP) is 2.07. The highest BCUT2D eigenvalue weighted by Crippen LogP contribution is 2.21. The first-order chi connectivity index (χ1) is 9.51. The lowest BCUT2D eigenvalue weighted by Crippen LogP contribution is -2.15. The van der Waals surface area contributed by atoms with Gasteiger partial charge < -0.3 is 11.1 Å². The van der Waals surface area contributed by atoms with Crippen LogP contribution in [0, 0.1) is 23.0 Å². The topological polar surface area (TPSA) is 91.8 Å². The molecule has 0 aliphatic carbocycles. The summed E-state index contributed by atoms with van der Waals surface area (Å²) in [4.78, 5) is 15.6. The Morgan fingerprint density at radius 3 is 2.65 bits per heavy atom. The van der Waals surface area contributed by atoms with Crippen LogP contribution in [0.2, 0.25) is 0 Å². The molecule has 2 aromatic rings. The van der Waals surface area contributed by atoms with Crippen LogP contribution in [0.1, 0.15) is 16.1 Å². The van der Waals surface area contributed by atoms with Crippen molar-refractivity contribution in [2.75, 3.05) is 11.1 Å². The van der Waals surface area contributed by atoms with Gasteiger partial charge in [-0.15, -0.1) is 0 Å². The zero-order valence-electron chi connectivity index (χ0n) is 10.0. The van der Waals surface area contributed by atoms with Gasteiger partial charge in [0.1, 0.15) is 23.4 Å². The van der Waals surface area contributed by atoms with Gasteiger partial charge in [0.2, 0.25) is 0 Å². The number of nitrogens with zero attached hydrogens (tertiary/aromatic N) is 2. The second-order valence-electron chi connectivity index (χ2n) is 3.85. The average Bonchev–Trinajstić information content (AvgIpc) is 2.44. The minimum Gasteiger partial charge on any atom is -0.396 e. The Morgan fingerprint density at radius 2 is 2.05 bits per heavy atom. The predicted molar refractivity (Wildman–Crippen MR) is 67.7 cm³/mol. The SMILES string of the molecule is N#Cc1ccc(C(=O)Nc2cc(N)c(F)cc2F)nc1. The molecular weight excluding hydrogens is 266 g/mol. The molecule has 0 spiro atoms. The van der Waals surface area contributed by atoms with E-state index in [2.05, 4.69) is 10.3 Å². The number of hydrogen-bond acceptors (Lipinski definition) is 4. The van der Waals surface area contributed by atoms with Crippen LogP contribution in [0.15, 0.2) is 30.5 Å². The smallest absolute Gasteiger partial charge is 0.274 e. The number of anilines is 2. The van der Waals surface area contributed by atoms with E-state index in [1.165, 1.54) is 18.3 Å². The number of carbonyl (C=O) groups is 1. The van der Waals surface area contributed by atoms with E-state index in [4.69, 9.17) is 11.0 Å². The average molecular weight is 274 g/mol. The quantitative estimate of drug-likeness (QED) is 0.820. The standard InChI is InChI=1S/C13H8F2N4O/c14-8-3-9(15)12(4-10(8)17)19-13(20)11-2-1-7(5-16)6-18-11/h1-4,6H,17H2,(H,19,20). The molecule has 1 aromatic heterocycles. The number of nitrogen functional groups attached to an aromatic ring is 1. The van der Waals surface area contributed by atoms with Gasteiger partial charge >= 0.3 is 0 Å². The van der Waals surface area contributed by atoms with Gasteiger partial charge in [0.25, 0.3) is 5.91 Å². The highest BCUT2D eigenvalue weighted by Gasteiger charge is 2.13. The van der Waals surface area contributed by atoms with Gasteiger partial charge in [-0.25, -0.2) is 13.8 Å². The van der Waals surface area contributed by atoms with E-state index in [0.29, 0.717) is 11.6 Å². The van der Waals surface area contributed by atoms with Crippen molar-refractivity contribution in [2.45, 2.75) is 0 Å². The van der Waals surface area contributed by atoms with Crippen molar-refractivity contribution >= 4 is 17.3 Å². The summed E-state index contributed by atoms with van der Waals surface area (Å²) < 4.78 is 26.4. The summed E-state index contributed by atoms with van der Waals surface area (Å²) in [6.07, 6.45) is 1.21. The molecule has 1 amide bonds. The fourth-order valence-electron chi connectivity index (χ4n) is 1.44. The van der Waals surface area contributed by atoms with E-state index in [-0.39, 0.29) is 17.1 Å². The van der Waals surface area contributed by atoms with Crippen LogP contribution in [0.25, 0.3) is 0 Å². The summed E-state index contributed by atoms with van der Waals surface area (Å²) in [6, 6.07) is 6.13. The van der Waals surface area contributed by atoms with E-state index >= 15 is 0 Å². The van der Waals surface area contributed by atoms with Crippen molar-refractivity contribution in [1.29, 1.82) is 5.26 Å². The molecule has 0 saturated heterocycles. The van der Waals surface area contributed by atoms with E-state index in [1.54, 1.807) is 0 Å². The molecule has 0 bridgehead atoms. The third-order valence-corrected chi connectivity index (χ3v) is 2.46. The highest BCUT2D eigenvalue weighted by molar-refractivity contribution is 6.03. The Kier molecular flexibility index (Phi) is 3.57. The van der Waals surface area contributed by atoms with Crippen molar-refractivity contribution in [3.8, 4) is 6.07 Å². The van der Waals surface area contributed by atoms with Crippen molar-refractivity contribution in [2.24, 2.45) is 0 Å². The van der Waals surface area contributed by atoms with E-state index < -0.39 is 17.5 Å². The van der Waals surface area contributed by atoms with Crippen LogP contribution < -0.4 is 11.1 Å². The summed E-state index contributed by atoms with van der Waals surface area (Å²) >= 11 is 0. The molecule has 0 atom stereocenters. The number of amides is 1. The van der Waals surface area contributed by atoms with Gasteiger partial charge in [0.05, 0.1) is 16.9 Å². The lowest BCUT2D eigenvalue weighted by Gasteiger charge is -2.07. The number of rotatable bonds is 2. The summed E-state index contributed by atoms with van der Waals surface area (Å²) in [6.45, 7) is 0. The Balaban J connectivity index is 2.23. The Labute approximate surface area is 112 Å². The van der Waals surface area contributed by atoms with Gasteiger partial charge in [0.15, 0.2) is 0 Å². The van der Waals surface area contributed by atoms with Crippen molar-refractivity contribution in [3.63, 3.8) is 0 Å². The minimum atomic E-state index is -0.946. The minimum absolute atomic E-state index is 0.00806. The van der Waals surface area contributed by atoms with Crippen LogP contribution in [0.5, 0.6) is 0 Å². The van der Waals surface area contributed by atoms with Gasteiger partial charge in [-0.05, 0) is 18.2 Å². The van der Waals surface area contributed by atoms with Crippen molar-refractivity contribution < 1.29 is 13.6 Å². The number of carbonyl (C=O) groups excluding carboxylic acids is 1. The van der Waals surface area contributed by atoms with Crippen LogP contribution in [-0.2, 0) is 0 Å². The van der Waals surface area contributed by atoms with Gasteiger partial charge in [-0.1, -0.05) is 0 Å². The van der Waals surface area contributed by atoms with Crippen LogP contribution >= 0.6 is 0 Å². The van der Waals surface area contributed by atoms with E-state index in [9.17, 15) is 13.6 Å². The second-order valence-corrected chi connectivity index (χ2v) is 3.85. The summed E-state index contributed by atoms with van der Waals surface area (Å²) in [5, 5.41) is 10.8. The Hall–Kier alpha value is -3.01. The summed E-state index contributed by atoms with van der Waals surface area (Å²) in [5.74, 6) is -2.55. The van der Waals surface area contributed by atoms with E-state index in [1.807, 2.05) is 6.07 Å². The monoisotopic (exact) mass is 274 g/mol. The lowest BCUT2D eigenvalue weighted by molar-refractivity contribution is 0.102. The maximum Gasteiger partial charge on any atom is 0.274 e. The molecule has 0 aliphatic heterocycles. The Morgan fingerprint density at radius 1 is 1.30 bits per heavy atom. The number of nitrogens with two attached hydrogens (primary N) is 1. The lowest BCUT2D eigenvalue weighted by atomic mass is 10.2. The molecule has 0 saturated carbocycles.